The standard InChI is InChI=1S/C13H20N4O3S/c1-14-6-4-7-17-11-13(9-15-17)21(18,19)16(2)10-12-5-3-8-20-12/h3,5,8-9,11,14H,4,6-7,10H2,1-2H3. The van der Waals surface area contributed by atoms with Crippen LogP contribution in [0.1, 0.15) is 12.2 Å². The summed E-state index contributed by atoms with van der Waals surface area (Å²) in [5, 5.41) is 7.13. The van der Waals surface area contributed by atoms with Crippen molar-refractivity contribution in [2.75, 3.05) is 20.6 Å². The molecule has 0 saturated heterocycles. The summed E-state index contributed by atoms with van der Waals surface area (Å²) in [7, 11) is -0.149. The van der Waals surface area contributed by atoms with E-state index in [-0.39, 0.29) is 11.4 Å². The Hall–Kier alpha value is -1.64. The van der Waals surface area contributed by atoms with E-state index < -0.39 is 10.0 Å². The molecule has 0 aliphatic carbocycles. The molecule has 7 nitrogen and oxygen atoms in total. The lowest BCUT2D eigenvalue weighted by Crippen LogP contribution is -2.26. The summed E-state index contributed by atoms with van der Waals surface area (Å²) in [5.74, 6) is 0.600. The Kier molecular flexibility index (Phi) is 5.16. The van der Waals surface area contributed by atoms with Crippen LogP contribution in [0.25, 0.3) is 0 Å². The lowest BCUT2D eigenvalue weighted by atomic mass is 10.4. The molecule has 21 heavy (non-hydrogen) atoms. The van der Waals surface area contributed by atoms with Crippen LogP contribution in [-0.4, -0.2) is 43.1 Å². The summed E-state index contributed by atoms with van der Waals surface area (Å²) in [6.07, 6.45) is 5.35. The summed E-state index contributed by atoms with van der Waals surface area (Å²) >= 11 is 0. The molecule has 0 amide bonds. The number of nitrogens with one attached hydrogen (secondary N) is 1. The SMILES string of the molecule is CNCCCn1cc(S(=O)(=O)N(C)Cc2ccco2)cn1. The smallest absolute Gasteiger partial charge is 0.246 e. The predicted octanol–water partition coefficient (Wildman–Crippen LogP) is 0.906. The van der Waals surface area contributed by atoms with Crippen molar-refractivity contribution in [3.63, 3.8) is 0 Å². The predicted molar refractivity (Wildman–Crippen MR) is 78.1 cm³/mol. The Balaban J connectivity index is 2.04. The molecule has 0 aliphatic heterocycles. The van der Waals surface area contributed by atoms with Gasteiger partial charge in [0, 0.05) is 19.8 Å². The van der Waals surface area contributed by atoms with Crippen molar-refractivity contribution in [2.45, 2.75) is 24.4 Å². The molecule has 0 saturated carbocycles. The number of hydrogen-bond donors (Lipinski definition) is 1. The summed E-state index contributed by atoms with van der Waals surface area (Å²) in [4.78, 5) is 0.195. The van der Waals surface area contributed by atoms with Gasteiger partial charge in [-0.05, 0) is 32.1 Å². The number of aromatic nitrogens is 2. The lowest BCUT2D eigenvalue weighted by Gasteiger charge is -2.14. The lowest BCUT2D eigenvalue weighted by molar-refractivity contribution is 0.406. The van der Waals surface area contributed by atoms with E-state index in [1.807, 2.05) is 7.05 Å². The van der Waals surface area contributed by atoms with Gasteiger partial charge >= 0.3 is 0 Å². The minimum absolute atomic E-state index is 0.195. The molecule has 0 spiro atoms. The topological polar surface area (TPSA) is 80.4 Å². The molecule has 2 rings (SSSR count). The third-order valence-corrected chi connectivity index (χ3v) is 4.85. The Bertz CT molecular complexity index is 649. The first-order chi connectivity index (χ1) is 10.0. The highest BCUT2D eigenvalue weighted by Gasteiger charge is 2.23. The van der Waals surface area contributed by atoms with Gasteiger partial charge in [-0.3, -0.25) is 4.68 Å². The molecule has 2 aromatic heterocycles. The van der Waals surface area contributed by atoms with E-state index >= 15 is 0 Å². The molecule has 0 aliphatic rings. The third-order valence-electron chi connectivity index (χ3n) is 3.09. The maximum Gasteiger partial charge on any atom is 0.246 e. The molecule has 1 N–H and O–H groups in total. The zero-order chi connectivity index (χ0) is 15.3. The van der Waals surface area contributed by atoms with E-state index in [1.165, 1.54) is 23.8 Å². The van der Waals surface area contributed by atoms with Crippen LogP contribution in [-0.2, 0) is 23.1 Å². The molecule has 2 aromatic rings. The maximum atomic E-state index is 12.4. The van der Waals surface area contributed by atoms with Crippen LogP contribution in [0.4, 0.5) is 0 Å². The van der Waals surface area contributed by atoms with E-state index in [0.717, 1.165) is 13.0 Å². The Morgan fingerprint density at radius 1 is 1.48 bits per heavy atom. The van der Waals surface area contributed by atoms with Gasteiger partial charge in [-0.1, -0.05) is 0 Å². The fourth-order valence-corrected chi connectivity index (χ4v) is 3.00. The van der Waals surface area contributed by atoms with Gasteiger partial charge in [0.25, 0.3) is 0 Å². The maximum absolute atomic E-state index is 12.4. The van der Waals surface area contributed by atoms with Gasteiger partial charge < -0.3 is 9.73 Å². The molecule has 0 fully saturated rings. The minimum Gasteiger partial charge on any atom is -0.468 e. The van der Waals surface area contributed by atoms with E-state index in [1.54, 1.807) is 23.0 Å². The van der Waals surface area contributed by atoms with Crippen LogP contribution < -0.4 is 5.32 Å². The van der Waals surface area contributed by atoms with Crippen LogP contribution in [0.2, 0.25) is 0 Å². The molecule has 0 radical (unpaired) electrons. The number of sulfonamides is 1. The molecule has 0 unspecified atom stereocenters. The summed E-state index contributed by atoms with van der Waals surface area (Å²) < 4.78 is 32.9. The highest BCUT2D eigenvalue weighted by atomic mass is 32.2. The second kappa shape index (κ2) is 6.88. The second-order valence-corrected chi connectivity index (χ2v) is 6.78. The van der Waals surface area contributed by atoms with Gasteiger partial charge in [0.05, 0.1) is 19.0 Å². The summed E-state index contributed by atoms with van der Waals surface area (Å²) in [6, 6.07) is 3.47. The zero-order valence-electron chi connectivity index (χ0n) is 12.2. The minimum atomic E-state index is -3.55. The molecule has 2 heterocycles. The van der Waals surface area contributed by atoms with Crippen LogP contribution in [0.15, 0.2) is 40.1 Å². The molecular weight excluding hydrogens is 292 g/mol. The quantitative estimate of drug-likeness (QED) is 0.733. The fourth-order valence-electron chi connectivity index (χ4n) is 1.90. The summed E-state index contributed by atoms with van der Waals surface area (Å²) in [5.41, 5.74) is 0. The van der Waals surface area contributed by atoms with E-state index in [9.17, 15) is 8.42 Å². The molecule has 116 valence electrons. The first-order valence-corrected chi connectivity index (χ1v) is 8.14. The first-order valence-electron chi connectivity index (χ1n) is 6.70. The highest BCUT2D eigenvalue weighted by Crippen LogP contribution is 2.16. The molecular formula is C13H20N4O3S. The number of hydrogen-bond acceptors (Lipinski definition) is 5. The largest absolute Gasteiger partial charge is 0.468 e. The van der Waals surface area contributed by atoms with Gasteiger partial charge in [0.15, 0.2) is 0 Å². The molecule has 8 heteroatoms. The van der Waals surface area contributed by atoms with Crippen molar-refractivity contribution in [2.24, 2.45) is 0 Å². The Labute approximate surface area is 124 Å². The second-order valence-electron chi connectivity index (χ2n) is 4.74. The van der Waals surface area contributed by atoms with Crippen LogP contribution in [0.5, 0.6) is 0 Å². The Morgan fingerprint density at radius 2 is 2.29 bits per heavy atom. The first kappa shape index (κ1) is 15.7. The number of furan rings is 1. The molecule has 0 atom stereocenters. The average Bonchev–Trinajstić information content (AvgIpc) is 3.10. The van der Waals surface area contributed by atoms with Crippen molar-refractivity contribution < 1.29 is 12.8 Å². The van der Waals surface area contributed by atoms with Gasteiger partial charge in [-0.15, -0.1) is 0 Å². The highest BCUT2D eigenvalue weighted by molar-refractivity contribution is 7.89. The summed E-state index contributed by atoms with van der Waals surface area (Å²) in [6.45, 7) is 1.73. The van der Waals surface area contributed by atoms with Crippen molar-refractivity contribution in [1.29, 1.82) is 0 Å². The number of aryl methyl sites for hydroxylation is 1. The van der Waals surface area contributed by atoms with E-state index in [2.05, 4.69) is 10.4 Å². The van der Waals surface area contributed by atoms with Crippen LogP contribution >= 0.6 is 0 Å². The third kappa shape index (κ3) is 3.93. The van der Waals surface area contributed by atoms with Gasteiger partial charge in [-0.25, -0.2) is 8.42 Å². The number of rotatable bonds is 8. The van der Waals surface area contributed by atoms with Crippen LogP contribution in [0.3, 0.4) is 0 Å². The monoisotopic (exact) mass is 312 g/mol. The van der Waals surface area contributed by atoms with Gasteiger partial charge in [-0.2, -0.15) is 9.40 Å². The van der Waals surface area contributed by atoms with Gasteiger partial charge in [0.1, 0.15) is 10.7 Å². The molecule has 0 bridgehead atoms. The van der Waals surface area contributed by atoms with Crippen molar-refractivity contribution in [1.82, 2.24) is 19.4 Å². The average molecular weight is 312 g/mol. The molecule has 0 aromatic carbocycles. The van der Waals surface area contributed by atoms with Gasteiger partial charge in [0.2, 0.25) is 10.0 Å². The fraction of sp³-hybridized carbons (Fsp3) is 0.462. The van der Waals surface area contributed by atoms with Crippen molar-refractivity contribution in [3.05, 3.63) is 36.5 Å². The van der Waals surface area contributed by atoms with Crippen LogP contribution in [0, 0.1) is 0 Å². The van der Waals surface area contributed by atoms with E-state index in [0.29, 0.717) is 12.3 Å². The van der Waals surface area contributed by atoms with Crippen molar-refractivity contribution in [3.8, 4) is 0 Å². The zero-order valence-corrected chi connectivity index (χ0v) is 13.0. The normalized spacial score (nSPS) is 12.1. The number of nitrogens with zero attached hydrogens (tertiary/aromatic N) is 3. The van der Waals surface area contributed by atoms with E-state index in [4.69, 9.17) is 4.42 Å². The van der Waals surface area contributed by atoms with Crippen molar-refractivity contribution >= 4 is 10.0 Å². The Morgan fingerprint density at radius 3 is 2.95 bits per heavy atom.